The molecule has 0 aliphatic heterocycles. The highest BCUT2D eigenvalue weighted by Crippen LogP contribution is 2.38. The minimum Gasteiger partial charge on any atom is -0.456 e. The molecule has 0 aliphatic carbocycles. The van der Waals surface area contributed by atoms with Crippen LogP contribution in [0.3, 0.4) is 0 Å². The molecule has 2 aromatic rings. The number of halogens is 5. The molecule has 0 spiro atoms. The van der Waals surface area contributed by atoms with Crippen molar-refractivity contribution in [3.05, 3.63) is 57.0 Å². The molecule has 0 heterocycles. The van der Waals surface area contributed by atoms with E-state index in [0.29, 0.717) is 16.3 Å². The van der Waals surface area contributed by atoms with Crippen LogP contribution in [0, 0.1) is 0 Å². The highest BCUT2D eigenvalue weighted by molar-refractivity contribution is 9.10. The van der Waals surface area contributed by atoms with E-state index < -0.39 is 11.7 Å². The fourth-order valence-electron chi connectivity index (χ4n) is 1.71. The van der Waals surface area contributed by atoms with Gasteiger partial charge in [0.15, 0.2) is 0 Å². The van der Waals surface area contributed by atoms with Crippen molar-refractivity contribution in [2.75, 3.05) is 0 Å². The third-order valence-corrected chi connectivity index (χ3v) is 3.73. The maximum atomic E-state index is 12.6. The van der Waals surface area contributed by atoms with Gasteiger partial charge in [-0.1, -0.05) is 17.7 Å². The van der Waals surface area contributed by atoms with Crippen LogP contribution in [0.1, 0.15) is 11.1 Å². The monoisotopic (exact) mass is 379 g/mol. The van der Waals surface area contributed by atoms with Crippen LogP contribution in [0.2, 0.25) is 5.02 Å². The SMILES string of the molecule is NCc1c(Cl)cccc1Oc1ccc(C(F)(F)F)cc1Br. The van der Waals surface area contributed by atoms with Gasteiger partial charge in [0.25, 0.3) is 0 Å². The number of nitrogens with two attached hydrogens (primary N) is 1. The van der Waals surface area contributed by atoms with Crippen molar-refractivity contribution in [3.8, 4) is 11.5 Å². The molecule has 0 fully saturated rings. The molecule has 0 aromatic heterocycles. The predicted molar refractivity (Wildman–Crippen MR) is 78.6 cm³/mol. The van der Waals surface area contributed by atoms with E-state index in [2.05, 4.69) is 15.9 Å². The topological polar surface area (TPSA) is 35.2 Å². The van der Waals surface area contributed by atoms with Gasteiger partial charge < -0.3 is 10.5 Å². The second kappa shape index (κ2) is 6.25. The third-order valence-electron chi connectivity index (χ3n) is 2.76. The van der Waals surface area contributed by atoms with Crippen molar-refractivity contribution in [1.29, 1.82) is 0 Å². The normalized spacial score (nSPS) is 11.5. The van der Waals surface area contributed by atoms with Gasteiger partial charge in [-0.05, 0) is 46.3 Å². The van der Waals surface area contributed by atoms with E-state index in [9.17, 15) is 13.2 Å². The van der Waals surface area contributed by atoms with E-state index >= 15 is 0 Å². The van der Waals surface area contributed by atoms with Crippen molar-refractivity contribution < 1.29 is 17.9 Å². The van der Waals surface area contributed by atoms with Gasteiger partial charge in [-0.25, -0.2) is 0 Å². The first-order valence-corrected chi connectivity index (χ1v) is 7.02. The van der Waals surface area contributed by atoms with Crippen LogP contribution in [0.4, 0.5) is 13.2 Å². The average molecular weight is 381 g/mol. The third kappa shape index (κ3) is 3.70. The summed E-state index contributed by atoms with van der Waals surface area (Å²) < 4.78 is 43.6. The molecule has 0 amide bonds. The first kappa shape index (κ1) is 16.1. The standard InChI is InChI=1S/C14H10BrClF3NO/c15-10-6-8(14(17,18)19)4-5-13(10)21-12-3-1-2-11(16)9(12)7-20/h1-6H,7,20H2. The second-order valence-electron chi connectivity index (χ2n) is 4.17. The second-order valence-corrected chi connectivity index (χ2v) is 5.43. The lowest BCUT2D eigenvalue weighted by Gasteiger charge is -2.14. The summed E-state index contributed by atoms with van der Waals surface area (Å²) in [7, 11) is 0. The lowest BCUT2D eigenvalue weighted by molar-refractivity contribution is -0.137. The zero-order valence-electron chi connectivity index (χ0n) is 10.5. The zero-order chi connectivity index (χ0) is 15.6. The summed E-state index contributed by atoms with van der Waals surface area (Å²) in [6.07, 6.45) is -4.40. The Labute approximate surface area is 132 Å². The highest BCUT2D eigenvalue weighted by Gasteiger charge is 2.31. The summed E-state index contributed by atoms with van der Waals surface area (Å²) in [4.78, 5) is 0. The molecule has 2 nitrogen and oxygen atoms in total. The van der Waals surface area contributed by atoms with Crippen molar-refractivity contribution in [2.45, 2.75) is 12.7 Å². The van der Waals surface area contributed by atoms with Gasteiger partial charge in [0, 0.05) is 17.1 Å². The maximum Gasteiger partial charge on any atom is 0.416 e. The van der Waals surface area contributed by atoms with Gasteiger partial charge in [-0.3, -0.25) is 0 Å². The minimum atomic E-state index is -4.40. The Balaban J connectivity index is 2.35. The molecule has 0 bridgehead atoms. The molecule has 7 heteroatoms. The van der Waals surface area contributed by atoms with Gasteiger partial charge >= 0.3 is 6.18 Å². The van der Waals surface area contributed by atoms with Crippen LogP contribution < -0.4 is 10.5 Å². The minimum absolute atomic E-state index is 0.160. The maximum absolute atomic E-state index is 12.6. The largest absolute Gasteiger partial charge is 0.456 e. The molecule has 112 valence electrons. The Hall–Kier alpha value is -1.24. The van der Waals surface area contributed by atoms with Crippen LogP contribution in [0.15, 0.2) is 40.9 Å². The number of hydrogen-bond donors (Lipinski definition) is 1. The molecule has 2 rings (SSSR count). The number of benzene rings is 2. The first-order chi connectivity index (χ1) is 9.82. The van der Waals surface area contributed by atoms with Crippen LogP contribution in [0.25, 0.3) is 0 Å². The fourth-order valence-corrected chi connectivity index (χ4v) is 2.41. The highest BCUT2D eigenvalue weighted by atomic mass is 79.9. The van der Waals surface area contributed by atoms with Gasteiger partial charge in [0.1, 0.15) is 11.5 Å². The van der Waals surface area contributed by atoms with E-state index in [-0.39, 0.29) is 16.8 Å². The molecule has 0 atom stereocenters. The van der Waals surface area contributed by atoms with Gasteiger partial charge in [-0.15, -0.1) is 0 Å². The van der Waals surface area contributed by atoms with Crippen LogP contribution in [-0.4, -0.2) is 0 Å². The van der Waals surface area contributed by atoms with E-state index in [1.165, 1.54) is 6.07 Å². The molecule has 2 aromatic carbocycles. The van der Waals surface area contributed by atoms with E-state index in [1.54, 1.807) is 18.2 Å². The molecular weight excluding hydrogens is 371 g/mol. The van der Waals surface area contributed by atoms with E-state index in [4.69, 9.17) is 22.1 Å². The van der Waals surface area contributed by atoms with Crippen LogP contribution in [-0.2, 0) is 12.7 Å². The zero-order valence-corrected chi connectivity index (χ0v) is 12.9. The lowest BCUT2D eigenvalue weighted by atomic mass is 10.2. The summed E-state index contributed by atoms with van der Waals surface area (Å²) in [6, 6.07) is 8.15. The number of hydrogen-bond acceptors (Lipinski definition) is 2. The van der Waals surface area contributed by atoms with Gasteiger partial charge in [-0.2, -0.15) is 13.2 Å². The number of rotatable bonds is 3. The smallest absolute Gasteiger partial charge is 0.416 e. The average Bonchev–Trinajstić information content (AvgIpc) is 2.40. The molecule has 0 aliphatic rings. The summed E-state index contributed by atoms with van der Waals surface area (Å²) in [5.74, 6) is 0.658. The first-order valence-electron chi connectivity index (χ1n) is 5.85. The molecular formula is C14H10BrClF3NO. The summed E-state index contributed by atoms with van der Waals surface area (Å²) in [6.45, 7) is 0.160. The Morgan fingerprint density at radius 1 is 1.14 bits per heavy atom. The van der Waals surface area contributed by atoms with Gasteiger partial charge in [0.2, 0.25) is 0 Å². The lowest BCUT2D eigenvalue weighted by Crippen LogP contribution is -2.05. The molecule has 21 heavy (non-hydrogen) atoms. The molecule has 0 saturated heterocycles. The van der Waals surface area contributed by atoms with Crippen molar-refractivity contribution in [2.24, 2.45) is 5.73 Å². The quantitative estimate of drug-likeness (QED) is 0.777. The van der Waals surface area contributed by atoms with Crippen molar-refractivity contribution in [3.63, 3.8) is 0 Å². The predicted octanol–water partition coefficient (Wildman–Crippen LogP) is 5.37. The summed E-state index contributed by atoms with van der Waals surface area (Å²) in [5, 5.41) is 0.443. The number of ether oxygens (including phenoxy) is 1. The molecule has 0 radical (unpaired) electrons. The van der Waals surface area contributed by atoms with E-state index in [1.807, 2.05) is 0 Å². The van der Waals surface area contributed by atoms with Gasteiger partial charge in [0.05, 0.1) is 10.0 Å². The van der Waals surface area contributed by atoms with Crippen molar-refractivity contribution in [1.82, 2.24) is 0 Å². The molecule has 0 unspecified atom stereocenters. The molecule has 2 N–H and O–H groups in total. The Morgan fingerprint density at radius 3 is 2.43 bits per heavy atom. The Kier molecular flexibility index (Phi) is 4.81. The van der Waals surface area contributed by atoms with Crippen molar-refractivity contribution >= 4 is 27.5 Å². The van der Waals surface area contributed by atoms with E-state index in [0.717, 1.165) is 12.1 Å². The fraction of sp³-hybridized carbons (Fsp3) is 0.143. The molecule has 0 saturated carbocycles. The Morgan fingerprint density at radius 2 is 1.86 bits per heavy atom. The van der Waals surface area contributed by atoms with Crippen LogP contribution in [0.5, 0.6) is 11.5 Å². The number of alkyl halides is 3. The van der Waals surface area contributed by atoms with Crippen LogP contribution >= 0.6 is 27.5 Å². The Bertz CT molecular complexity index is 661. The summed E-state index contributed by atoms with van der Waals surface area (Å²) in [5.41, 5.74) is 5.43. The summed E-state index contributed by atoms with van der Waals surface area (Å²) >= 11 is 9.07.